The number of aliphatic hydroxyl groups is 1. The standard InChI is InChI=1S/C22H22FN7O/c23-18-3-1-16(2-4-18)21-22(17-7-8-24-25-15-17)30-19(26-21)5-6-20(27-30)29-11-9-28(10-12-29)13-14-31/h1-8,15,31H,9-14H2. The number of halogens is 1. The summed E-state index contributed by atoms with van der Waals surface area (Å²) in [6.07, 6.45) is 3.31. The fourth-order valence-electron chi connectivity index (χ4n) is 3.93. The van der Waals surface area contributed by atoms with E-state index in [9.17, 15) is 4.39 Å². The maximum atomic E-state index is 13.5. The molecule has 4 heterocycles. The molecule has 158 valence electrons. The Labute approximate surface area is 178 Å². The van der Waals surface area contributed by atoms with Crippen molar-refractivity contribution in [2.24, 2.45) is 0 Å². The number of hydrogen-bond acceptors (Lipinski definition) is 7. The highest BCUT2D eigenvalue weighted by Gasteiger charge is 2.21. The molecule has 4 aromatic rings. The fourth-order valence-corrected chi connectivity index (χ4v) is 3.93. The van der Waals surface area contributed by atoms with Crippen molar-refractivity contribution in [3.63, 3.8) is 0 Å². The first-order chi connectivity index (χ1) is 15.2. The predicted octanol–water partition coefficient (Wildman–Crippen LogP) is 2.11. The lowest BCUT2D eigenvalue weighted by Gasteiger charge is -2.34. The van der Waals surface area contributed by atoms with Crippen molar-refractivity contribution in [1.82, 2.24) is 29.7 Å². The number of aromatic nitrogens is 5. The molecule has 0 amide bonds. The van der Waals surface area contributed by atoms with Crippen LogP contribution in [0, 0.1) is 5.82 Å². The molecule has 0 saturated carbocycles. The zero-order valence-corrected chi connectivity index (χ0v) is 16.9. The van der Waals surface area contributed by atoms with Gasteiger partial charge in [-0.2, -0.15) is 10.2 Å². The lowest BCUT2D eigenvalue weighted by Crippen LogP contribution is -2.47. The molecule has 1 N–H and O–H groups in total. The van der Waals surface area contributed by atoms with Crippen LogP contribution in [0.15, 0.2) is 54.9 Å². The van der Waals surface area contributed by atoms with Crippen LogP contribution in [0.1, 0.15) is 0 Å². The van der Waals surface area contributed by atoms with Gasteiger partial charge in [-0.1, -0.05) is 0 Å². The highest BCUT2D eigenvalue weighted by atomic mass is 19.1. The van der Waals surface area contributed by atoms with Crippen LogP contribution < -0.4 is 4.90 Å². The average Bonchev–Trinajstić information content (AvgIpc) is 3.19. The van der Waals surface area contributed by atoms with E-state index in [-0.39, 0.29) is 12.4 Å². The van der Waals surface area contributed by atoms with Gasteiger partial charge in [0, 0.05) is 43.9 Å². The zero-order valence-electron chi connectivity index (χ0n) is 16.9. The average molecular weight is 419 g/mol. The number of benzene rings is 1. The summed E-state index contributed by atoms with van der Waals surface area (Å²) in [6, 6.07) is 12.1. The van der Waals surface area contributed by atoms with E-state index in [4.69, 9.17) is 15.2 Å². The zero-order chi connectivity index (χ0) is 21.2. The predicted molar refractivity (Wildman–Crippen MR) is 115 cm³/mol. The molecule has 1 aliphatic heterocycles. The molecule has 5 rings (SSSR count). The monoisotopic (exact) mass is 419 g/mol. The van der Waals surface area contributed by atoms with Gasteiger partial charge in [0.25, 0.3) is 0 Å². The molecular formula is C22H22FN7O. The molecule has 0 radical (unpaired) electrons. The van der Waals surface area contributed by atoms with Gasteiger partial charge in [0.15, 0.2) is 5.65 Å². The number of β-amino-alcohol motifs (C(OH)–C–C–N with tert-alkyl or cyclic N) is 1. The van der Waals surface area contributed by atoms with Crippen molar-refractivity contribution >= 4 is 11.5 Å². The minimum absolute atomic E-state index is 0.175. The topological polar surface area (TPSA) is 82.7 Å². The molecule has 8 nitrogen and oxygen atoms in total. The summed E-state index contributed by atoms with van der Waals surface area (Å²) in [5.41, 5.74) is 3.84. The van der Waals surface area contributed by atoms with Crippen LogP contribution in [0.25, 0.3) is 28.2 Å². The lowest BCUT2D eigenvalue weighted by atomic mass is 10.1. The van der Waals surface area contributed by atoms with E-state index in [1.807, 2.05) is 22.7 Å². The molecular weight excluding hydrogens is 397 g/mol. The largest absolute Gasteiger partial charge is 0.395 e. The van der Waals surface area contributed by atoms with Gasteiger partial charge in [-0.15, -0.1) is 5.10 Å². The number of rotatable bonds is 5. The van der Waals surface area contributed by atoms with Crippen LogP contribution in [0.3, 0.4) is 0 Å². The van der Waals surface area contributed by atoms with Gasteiger partial charge >= 0.3 is 0 Å². The van der Waals surface area contributed by atoms with Crippen molar-refractivity contribution in [3.05, 3.63) is 60.7 Å². The summed E-state index contributed by atoms with van der Waals surface area (Å²) in [5.74, 6) is 0.572. The molecule has 31 heavy (non-hydrogen) atoms. The van der Waals surface area contributed by atoms with Crippen LogP contribution in [0.2, 0.25) is 0 Å². The number of aliphatic hydroxyl groups excluding tert-OH is 1. The number of hydrogen-bond donors (Lipinski definition) is 1. The summed E-state index contributed by atoms with van der Waals surface area (Å²) in [5, 5.41) is 22.0. The Morgan fingerprint density at radius 3 is 2.42 bits per heavy atom. The van der Waals surface area contributed by atoms with Crippen LogP contribution in [-0.2, 0) is 0 Å². The number of nitrogens with zero attached hydrogens (tertiary/aromatic N) is 7. The van der Waals surface area contributed by atoms with Gasteiger partial charge < -0.3 is 10.0 Å². The quantitative estimate of drug-likeness (QED) is 0.530. The summed E-state index contributed by atoms with van der Waals surface area (Å²) >= 11 is 0. The minimum Gasteiger partial charge on any atom is -0.395 e. The van der Waals surface area contributed by atoms with E-state index in [0.29, 0.717) is 17.9 Å². The van der Waals surface area contributed by atoms with Crippen LogP contribution in [-0.4, -0.2) is 74.1 Å². The highest BCUT2D eigenvalue weighted by Crippen LogP contribution is 2.32. The first-order valence-corrected chi connectivity index (χ1v) is 10.2. The van der Waals surface area contributed by atoms with Gasteiger partial charge in [-0.3, -0.25) is 4.90 Å². The number of imidazole rings is 1. The molecule has 1 aromatic carbocycles. The van der Waals surface area contributed by atoms with Gasteiger partial charge in [0.2, 0.25) is 0 Å². The Balaban J connectivity index is 1.58. The second-order valence-electron chi connectivity index (χ2n) is 7.46. The molecule has 1 saturated heterocycles. The minimum atomic E-state index is -0.291. The van der Waals surface area contributed by atoms with Crippen LogP contribution >= 0.6 is 0 Å². The van der Waals surface area contributed by atoms with Gasteiger partial charge in [-0.25, -0.2) is 13.9 Å². The Bertz CT molecular complexity index is 1170. The Morgan fingerprint density at radius 1 is 0.903 bits per heavy atom. The van der Waals surface area contributed by atoms with E-state index >= 15 is 0 Å². The maximum Gasteiger partial charge on any atom is 0.155 e. The van der Waals surface area contributed by atoms with E-state index in [1.165, 1.54) is 12.1 Å². The molecule has 0 unspecified atom stereocenters. The van der Waals surface area contributed by atoms with Crippen molar-refractivity contribution in [2.45, 2.75) is 0 Å². The molecule has 0 atom stereocenters. The summed E-state index contributed by atoms with van der Waals surface area (Å²) in [7, 11) is 0. The third-order valence-electron chi connectivity index (χ3n) is 5.55. The van der Waals surface area contributed by atoms with Crippen molar-refractivity contribution < 1.29 is 9.50 Å². The third-order valence-corrected chi connectivity index (χ3v) is 5.55. The molecule has 9 heteroatoms. The van der Waals surface area contributed by atoms with Gasteiger partial charge in [0.1, 0.15) is 17.3 Å². The van der Waals surface area contributed by atoms with E-state index < -0.39 is 0 Å². The van der Waals surface area contributed by atoms with E-state index in [2.05, 4.69) is 20.0 Å². The highest BCUT2D eigenvalue weighted by molar-refractivity contribution is 5.81. The second-order valence-corrected chi connectivity index (χ2v) is 7.46. The van der Waals surface area contributed by atoms with E-state index in [0.717, 1.165) is 48.8 Å². The first-order valence-electron chi connectivity index (χ1n) is 10.2. The van der Waals surface area contributed by atoms with Crippen LogP contribution in [0.5, 0.6) is 0 Å². The van der Waals surface area contributed by atoms with Crippen molar-refractivity contribution in [2.75, 3.05) is 44.2 Å². The number of fused-ring (bicyclic) bond motifs is 1. The fraction of sp³-hybridized carbons (Fsp3) is 0.273. The normalized spacial score (nSPS) is 15.0. The summed E-state index contributed by atoms with van der Waals surface area (Å²) in [6.45, 7) is 4.31. The molecule has 1 fully saturated rings. The van der Waals surface area contributed by atoms with Crippen LogP contribution in [0.4, 0.5) is 10.2 Å². The number of anilines is 1. The Morgan fingerprint density at radius 2 is 1.71 bits per heavy atom. The van der Waals surface area contributed by atoms with Crippen molar-refractivity contribution in [3.8, 4) is 22.5 Å². The molecule has 1 aliphatic rings. The van der Waals surface area contributed by atoms with Crippen molar-refractivity contribution in [1.29, 1.82) is 0 Å². The van der Waals surface area contributed by atoms with Gasteiger partial charge in [-0.05, 0) is 42.5 Å². The molecule has 3 aromatic heterocycles. The Hall–Kier alpha value is -3.43. The maximum absolute atomic E-state index is 13.5. The lowest BCUT2D eigenvalue weighted by molar-refractivity contribution is 0.188. The molecule has 0 spiro atoms. The molecule has 0 bridgehead atoms. The summed E-state index contributed by atoms with van der Waals surface area (Å²) < 4.78 is 15.3. The van der Waals surface area contributed by atoms with Gasteiger partial charge in [0.05, 0.1) is 24.7 Å². The number of piperazine rings is 1. The molecule has 0 aliphatic carbocycles. The first kappa shape index (κ1) is 19.5. The SMILES string of the molecule is OCCN1CCN(c2ccc3nc(-c4ccc(F)cc4)c(-c4ccnnc4)n3n2)CC1. The smallest absolute Gasteiger partial charge is 0.155 e. The summed E-state index contributed by atoms with van der Waals surface area (Å²) in [4.78, 5) is 9.27. The third kappa shape index (κ3) is 3.85. The Kier molecular flexibility index (Phi) is 5.27. The second kappa shape index (κ2) is 8.37. The van der Waals surface area contributed by atoms with E-state index in [1.54, 1.807) is 24.5 Å².